The van der Waals surface area contributed by atoms with E-state index in [0.29, 0.717) is 20.4 Å². The van der Waals surface area contributed by atoms with Crippen LogP contribution in [0, 0.1) is 0 Å². The molecule has 64 valence electrons. The lowest BCUT2D eigenvalue weighted by Crippen LogP contribution is -1.82. The van der Waals surface area contributed by atoms with Gasteiger partial charge in [-0.3, -0.25) is 0 Å². The first-order valence-corrected chi connectivity index (χ1v) is 7.83. The average molecular weight is 167 g/mol. The van der Waals surface area contributed by atoms with Gasteiger partial charge in [-0.2, -0.15) is 5.05 Å². The highest BCUT2D eigenvalue weighted by Gasteiger charge is 1.90. The predicted octanol–water partition coefficient (Wildman–Crippen LogP) is 3.91. The molecule has 0 fully saturated rings. The zero-order valence-corrected chi connectivity index (χ0v) is 9.78. The Morgan fingerprint density at radius 2 is 1.36 bits per heavy atom. The minimum Gasteiger partial charge on any atom is -0.157 e. The lowest BCUT2D eigenvalue weighted by atomic mass is 10.1. The van der Waals surface area contributed by atoms with E-state index in [-0.39, 0.29) is 0 Å². The molecule has 0 atom stereocenters. The van der Waals surface area contributed by atoms with Crippen molar-refractivity contribution in [2.45, 2.75) is 61.5 Å². The maximum atomic E-state index is 2.41. The third-order valence-electron chi connectivity index (χ3n) is 2.21. The first-order valence-electron chi connectivity index (χ1n) is 5.41. The van der Waals surface area contributed by atoms with E-state index in [4.69, 9.17) is 0 Å². The summed E-state index contributed by atoms with van der Waals surface area (Å²) in [5.41, 5.74) is 0. The highest BCUT2D eigenvalue weighted by Crippen LogP contribution is 2.07. The molecule has 0 amide bonds. The maximum absolute atomic E-state index is 2.41. The minimum atomic E-state index is 0.370. The van der Waals surface area contributed by atoms with Gasteiger partial charge in [0.25, 0.3) is 0 Å². The highest BCUT2D eigenvalue weighted by molar-refractivity contribution is 6.33. The van der Waals surface area contributed by atoms with Crippen molar-refractivity contribution in [3.05, 3.63) is 0 Å². The Balaban J connectivity index is 2.69. The lowest BCUT2D eigenvalue weighted by Gasteiger charge is -1.98. The molecule has 11 heavy (non-hydrogen) atoms. The van der Waals surface area contributed by atoms with Gasteiger partial charge < -0.3 is 0 Å². The van der Waals surface area contributed by atoms with Gasteiger partial charge in [0, 0.05) is 0 Å². The summed E-state index contributed by atoms with van der Waals surface area (Å²) in [6.45, 7) is 2.28. The van der Waals surface area contributed by atoms with E-state index in [1.807, 2.05) is 0 Å². The molecule has 0 aliphatic carbocycles. The fraction of sp³-hybridized carbons (Fsp3) is 1.00. The summed E-state index contributed by atoms with van der Waals surface area (Å²) < 4.78 is 1.58. The summed E-state index contributed by atoms with van der Waals surface area (Å²) in [5.74, 6) is 0. The molecule has 0 bridgehead atoms. The standard InChI is InChI=1S/C9H19.CH3.Mg/c1-3-5-7-9-8-6-4-2;;/h1,3-9H2,2H3;1H3;. The molecule has 0 aliphatic rings. The van der Waals surface area contributed by atoms with Crippen molar-refractivity contribution in [3.63, 3.8) is 0 Å². The molecule has 0 N–H and O–H groups in total. The predicted molar refractivity (Wildman–Crippen MR) is 54.4 cm³/mol. The molecule has 0 nitrogen and oxygen atoms in total. The maximum Gasteiger partial charge on any atom is 0.360 e. The summed E-state index contributed by atoms with van der Waals surface area (Å²) in [5, 5.41) is 2.41. The third-order valence-corrected chi connectivity index (χ3v) is 3.41. The van der Waals surface area contributed by atoms with Crippen LogP contribution in [0.15, 0.2) is 0 Å². The Labute approximate surface area is 81.9 Å². The molecule has 1 heteroatoms. The Bertz CT molecular complexity index is 53.9. The molecule has 0 aromatic carbocycles. The van der Waals surface area contributed by atoms with Gasteiger partial charge in [0.15, 0.2) is 0 Å². The average Bonchev–Trinajstić information content (AvgIpc) is 2.03. The molecule has 0 aliphatic heterocycles. The zero-order chi connectivity index (χ0) is 8.36. The number of unbranched alkanes of at least 4 members (excludes halogenated alkanes) is 6. The van der Waals surface area contributed by atoms with Crippen LogP contribution in [0.25, 0.3) is 0 Å². The monoisotopic (exact) mass is 166 g/mol. The molecule has 0 radical (unpaired) electrons. The summed E-state index contributed by atoms with van der Waals surface area (Å²) in [7, 11) is 0. The van der Waals surface area contributed by atoms with Crippen LogP contribution in [0.2, 0.25) is 9.60 Å². The van der Waals surface area contributed by atoms with Crippen molar-refractivity contribution in [2.75, 3.05) is 0 Å². The van der Waals surface area contributed by atoms with E-state index in [1.54, 1.807) is 4.55 Å². The van der Waals surface area contributed by atoms with Crippen LogP contribution in [0.5, 0.6) is 0 Å². The Morgan fingerprint density at radius 1 is 0.818 bits per heavy atom. The SMILES string of the molecule is CCCCCCCC[CH2][Mg][CH3]. The molecule has 0 rings (SSSR count). The molecular formula is C10H22Mg. The molecule has 0 unspecified atom stereocenters. The summed E-state index contributed by atoms with van der Waals surface area (Å²) >= 11 is 0.370. The lowest BCUT2D eigenvalue weighted by molar-refractivity contribution is 0.601. The second kappa shape index (κ2) is 10.8. The van der Waals surface area contributed by atoms with Crippen molar-refractivity contribution in [1.82, 2.24) is 0 Å². The van der Waals surface area contributed by atoms with Gasteiger partial charge in [-0.25, -0.2) is 0 Å². The Morgan fingerprint density at radius 3 is 1.91 bits per heavy atom. The molecule has 0 spiro atoms. The van der Waals surface area contributed by atoms with Crippen molar-refractivity contribution in [2.24, 2.45) is 0 Å². The Hall–Kier alpha value is 0.766. The van der Waals surface area contributed by atoms with Crippen LogP contribution in [0.1, 0.15) is 51.9 Å². The molecule has 0 heterocycles. The number of hydrogen-bond donors (Lipinski definition) is 0. The van der Waals surface area contributed by atoms with Crippen LogP contribution in [0.3, 0.4) is 0 Å². The fourth-order valence-electron chi connectivity index (χ4n) is 1.38. The van der Waals surface area contributed by atoms with E-state index in [9.17, 15) is 0 Å². The van der Waals surface area contributed by atoms with Crippen molar-refractivity contribution in [1.29, 1.82) is 0 Å². The van der Waals surface area contributed by atoms with Gasteiger partial charge in [-0.05, 0) is 0 Å². The van der Waals surface area contributed by atoms with Crippen molar-refractivity contribution in [3.8, 4) is 0 Å². The summed E-state index contributed by atoms with van der Waals surface area (Å²) in [4.78, 5) is 0. The van der Waals surface area contributed by atoms with E-state index in [2.05, 4.69) is 12.0 Å². The van der Waals surface area contributed by atoms with Gasteiger partial charge >= 0.3 is 20.4 Å². The van der Waals surface area contributed by atoms with Crippen molar-refractivity contribution >= 4 is 20.4 Å². The molecular weight excluding hydrogens is 144 g/mol. The molecule has 0 aromatic rings. The quantitative estimate of drug-likeness (QED) is 0.379. The molecule has 0 saturated carbocycles. The first-order chi connectivity index (χ1) is 5.41. The van der Waals surface area contributed by atoms with Gasteiger partial charge in [0.2, 0.25) is 0 Å². The second-order valence-corrected chi connectivity index (χ2v) is 5.18. The van der Waals surface area contributed by atoms with Gasteiger partial charge in [0.05, 0.1) is 0 Å². The zero-order valence-electron chi connectivity index (χ0n) is 8.36. The second-order valence-electron chi connectivity index (χ2n) is 3.47. The largest absolute Gasteiger partial charge is 0.360 e. The summed E-state index contributed by atoms with van der Waals surface area (Å²) in [6.07, 6.45) is 10.3. The number of rotatable bonds is 8. The first kappa shape index (κ1) is 11.8. The minimum absolute atomic E-state index is 0.370. The number of hydrogen-bond acceptors (Lipinski definition) is 0. The topological polar surface area (TPSA) is 0 Å². The van der Waals surface area contributed by atoms with Crippen molar-refractivity contribution < 1.29 is 0 Å². The third kappa shape index (κ3) is 10.8. The van der Waals surface area contributed by atoms with Crippen LogP contribution < -0.4 is 0 Å². The van der Waals surface area contributed by atoms with Crippen LogP contribution in [0.4, 0.5) is 0 Å². The van der Waals surface area contributed by atoms with E-state index in [1.165, 1.54) is 44.9 Å². The summed E-state index contributed by atoms with van der Waals surface area (Å²) in [6, 6.07) is 0. The van der Waals surface area contributed by atoms with Gasteiger partial charge in [-0.1, -0.05) is 51.9 Å². The van der Waals surface area contributed by atoms with E-state index < -0.39 is 0 Å². The Kier molecular flexibility index (Phi) is 11.5. The smallest absolute Gasteiger partial charge is 0.157 e. The van der Waals surface area contributed by atoms with Crippen LogP contribution in [-0.2, 0) is 0 Å². The van der Waals surface area contributed by atoms with Gasteiger partial charge in [-0.15, -0.1) is 4.55 Å². The van der Waals surface area contributed by atoms with Crippen LogP contribution >= 0.6 is 0 Å². The van der Waals surface area contributed by atoms with Gasteiger partial charge in [0.1, 0.15) is 0 Å². The normalized spacial score (nSPS) is 9.64. The van der Waals surface area contributed by atoms with Crippen LogP contribution in [-0.4, -0.2) is 20.4 Å². The fourth-order valence-corrected chi connectivity index (χ4v) is 2.24. The molecule has 0 saturated heterocycles. The van der Waals surface area contributed by atoms with E-state index in [0.717, 1.165) is 0 Å². The molecule has 0 aromatic heterocycles. The van der Waals surface area contributed by atoms with E-state index >= 15 is 0 Å². The highest BCUT2D eigenvalue weighted by atomic mass is 24.5.